The van der Waals surface area contributed by atoms with Crippen molar-refractivity contribution in [3.8, 4) is 0 Å². The zero-order valence-corrected chi connectivity index (χ0v) is 8.59. The molecule has 0 amide bonds. The molecular formula is C6H11O7Ti-. The number of carboxylic acids is 1. The Morgan fingerprint density at radius 2 is 1.71 bits per heavy atom. The number of hydrogen-bond acceptors (Lipinski definition) is 6. The topological polar surface area (TPSA) is 138 Å². The van der Waals surface area contributed by atoms with Gasteiger partial charge in [-0.15, -0.1) is 6.10 Å². The van der Waals surface area contributed by atoms with Gasteiger partial charge in [-0.05, 0) is 0 Å². The van der Waals surface area contributed by atoms with Crippen molar-refractivity contribution >= 4 is 5.97 Å². The standard InChI is InChI=1S/C6H11O7.Ti/c7-1-2(8)3(9)4(10)5(11)6(12)13;/h2-4,7-11H,1H2,(H,12,13);/q-1;/t2-,3-,4+;/m1./s1. The summed E-state index contributed by atoms with van der Waals surface area (Å²) in [5.74, 6) is -1.81. The van der Waals surface area contributed by atoms with Crippen LogP contribution < -0.4 is 0 Å². The van der Waals surface area contributed by atoms with E-state index < -0.39 is 37.0 Å². The van der Waals surface area contributed by atoms with Crippen molar-refractivity contribution in [2.45, 2.75) is 18.3 Å². The molecule has 0 aromatic heterocycles. The maximum atomic E-state index is 10.1. The summed E-state index contributed by atoms with van der Waals surface area (Å²) in [4.78, 5) is 10.1. The summed E-state index contributed by atoms with van der Waals surface area (Å²) in [7, 11) is 0. The van der Waals surface area contributed by atoms with Gasteiger partial charge in [0.05, 0.1) is 12.7 Å². The third kappa shape index (κ3) is 4.38. The van der Waals surface area contributed by atoms with Crippen molar-refractivity contribution in [2.24, 2.45) is 0 Å². The van der Waals surface area contributed by atoms with Gasteiger partial charge < -0.3 is 30.6 Å². The predicted octanol–water partition coefficient (Wildman–Crippen LogP) is -2.95. The van der Waals surface area contributed by atoms with E-state index in [4.69, 9.17) is 30.6 Å². The molecule has 0 aliphatic heterocycles. The molecule has 0 fully saturated rings. The third-order valence-corrected chi connectivity index (χ3v) is 1.40. The number of carbonyl (C=O) groups is 1. The molecule has 3 atom stereocenters. The minimum Gasteiger partial charge on any atom is -0.531 e. The van der Waals surface area contributed by atoms with Gasteiger partial charge in [0.25, 0.3) is 0 Å². The molecule has 0 radical (unpaired) electrons. The van der Waals surface area contributed by atoms with Crippen LogP contribution in [0.2, 0.25) is 0 Å². The van der Waals surface area contributed by atoms with Gasteiger partial charge in [0, 0.05) is 27.8 Å². The molecule has 0 aromatic rings. The second-order valence-electron chi connectivity index (χ2n) is 2.38. The van der Waals surface area contributed by atoms with Gasteiger partial charge in [-0.25, -0.2) is 0 Å². The van der Waals surface area contributed by atoms with Crippen LogP contribution in [0.25, 0.3) is 0 Å². The van der Waals surface area contributed by atoms with E-state index in [2.05, 4.69) is 0 Å². The van der Waals surface area contributed by atoms with Gasteiger partial charge in [-0.2, -0.15) is 0 Å². The van der Waals surface area contributed by atoms with Crippen LogP contribution in [-0.2, 0) is 26.5 Å². The summed E-state index contributed by atoms with van der Waals surface area (Å²) in [5, 5.41) is 51.6. The summed E-state index contributed by atoms with van der Waals surface area (Å²) >= 11 is 0. The van der Waals surface area contributed by atoms with Crippen LogP contribution in [0.4, 0.5) is 0 Å². The van der Waals surface area contributed by atoms with Gasteiger partial charge in [0.1, 0.15) is 6.10 Å². The zero-order valence-electron chi connectivity index (χ0n) is 7.03. The SMILES string of the molecule is O=C(O)[C-](O)[C@@H](O)[C@H](O)[C@H](O)CO.[Ti]. The van der Waals surface area contributed by atoms with Gasteiger partial charge >= 0.3 is 0 Å². The summed E-state index contributed by atoms with van der Waals surface area (Å²) < 4.78 is 0. The van der Waals surface area contributed by atoms with E-state index in [1.165, 1.54) is 0 Å². The van der Waals surface area contributed by atoms with E-state index in [9.17, 15) is 4.79 Å². The Morgan fingerprint density at radius 3 is 2.00 bits per heavy atom. The summed E-state index contributed by atoms with van der Waals surface area (Å²) in [6.07, 6.45) is -7.17. The Labute approximate surface area is 94.5 Å². The molecule has 8 heteroatoms. The van der Waals surface area contributed by atoms with Crippen LogP contribution in [0.3, 0.4) is 0 Å². The Hall–Kier alpha value is -0.146. The second kappa shape index (κ2) is 7.19. The smallest absolute Gasteiger partial charge is 0.193 e. The van der Waals surface area contributed by atoms with Crippen LogP contribution in [0.5, 0.6) is 0 Å². The Bertz CT molecular complexity index is 176. The van der Waals surface area contributed by atoms with E-state index in [1.807, 2.05) is 0 Å². The fraction of sp³-hybridized carbons (Fsp3) is 0.667. The van der Waals surface area contributed by atoms with Gasteiger partial charge in [0.15, 0.2) is 5.97 Å². The number of aliphatic hydroxyl groups is 5. The Balaban J connectivity index is 0. The minimum absolute atomic E-state index is 0. The molecule has 0 spiro atoms. The molecule has 82 valence electrons. The van der Waals surface area contributed by atoms with Crippen LogP contribution >= 0.6 is 0 Å². The fourth-order valence-electron chi connectivity index (χ4n) is 0.607. The predicted molar refractivity (Wildman–Crippen MR) is 37.9 cm³/mol. The first-order chi connectivity index (χ1) is 5.91. The zero-order chi connectivity index (χ0) is 10.6. The summed E-state index contributed by atoms with van der Waals surface area (Å²) in [6, 6.07) is 0. The maximum absolute atomic E-state index is 10.1. The van der Waals surface area contributed by atoms with Crippen molar-refractivity contribution in [2.75, 3.05) is 6.61 Å². The summed E-state index contributed by atoms with van der Waals surface area (Å²) in [6.45, 7) is -0.856. The normalized spacial score (nSPS) is 16.4. The molecule has 0 rings (SSSR count). The summed E-state index contributed by atoms with van der Waals surface area (Å²) in [5.41, 5.74) is 0. The molecular weight excluding hydrogens is 232 g/mol. The van der Waals surface area contributed by atoms with E-state index >= 15 is 0 Å². The minimum atomic E-state index is -2.13. The number of rotatable bonds is 5. The average Bonchev–Trinajstić information content (AvgIpc) is 2.12. The van der Waals surface area contributed by atoms with E-state index in [1.54, 1.807) is 0 Å². The molecule has 0 aliphatic carbocycles. The van der Waals surface area contributed by atoms with Crippen molar-refractivity contribution in [3.63, 3.8) is 0 Å². The molecule has 0 saturated heterocycles. The van der Waals surface area contributed by atoms with Crippen LogP contribution in [0.1, 0.15) is 0 Å². The number of carboxylic acid groups (broad SMARTS) is 1. The first-order valence-electron chi connectivity index (χ1n) is 3.36. The monoisotopic (exact) mass is 243 g/mol. The second-order valence-corrected chi connectivity index (χ2v) is 2.38. The van der Waals surface area contributed by atoms with Crippen LogP contribution in [0.15, 0.2) is 0 Å². The van der Waals surface area contributed by atoms with E-state index in [0.717, 1.165) is 0 Å². The number of hydrogen-bond donors (Lipinski definition) is 6. The van der Waals surface area contributed by atoms with Crippen LogP contribution in [-0.4, -0.2) is 61.5 Å². The fourth-order valence-corrected chi connectivity index (χ4v) is 0.607. The molecule has 0 unspecified atom stereocenters. The van der Waals surface area contributed by atoms with Crippen molar-refractivity contribution in [1.82, 2.24) is 0 Å². The molecule has 14 heavy (non-hydrogen) atoms. The average molecular weight is 243 g/mol. The van der Waals surface area contributed by atoms with Crippen molar-refractivity contribution < 1.29 is 57.2 Å². The van der Waals surface area contributed by atoms with Gasteiger partial charge in [-0.3, -0.25) is 4.79 Å². The first-order valence-corrected chi connectivity index (χ1v) is 3.36. The molecule has 7 nitrogen and oxygen atoms in total. The first kappa shape index (κ1) is 16.3. The van der Waals surface area contributed by atoms with Crippen LogP contribution in [0, 0.1) is 6.10 Å². The van der Waals surface area contributed by atoms with E-state index in [0.29, 0.717) is 0 Å². The van der Waals surface area contributed by atoms with Gasteiger partial charge in [-0.1, -0.05) is 0 Å². The molecule has 0 saturated carbocycles. The molecule has 0 bridgehead atoms. The molecule has 0 heterocycles. The Kier molecular flexibility index (Phi) is 8.36. The Morgan fingerprint density at radius 1 is 1.29 bits per heavy atom. The van der Waals surface area contributed by atoms with Gasteiger partial charge in [0.2, 0.25) is 0 Å². The largest absolute Gasteiger partial charge is 0.531 e. The molecule has 6 N–H and O–H groups in total. The number of aliphatic carboxylic acids is 1. The number of aliphatic hydroxyl groups excluding tert-OH is 5. The molecule has 0 aromatic carbocycles. The van der Waals surface area contributed by atoms with Crippen molar-refractivity contribution in [3.05, 3.63) is 6.10 Å². The maximum Gasteiger partial charge on any atom is 0.193 e. The third-order valence-electron chi connectivity index (χ3n) is 1.40. The quantitative estimate of drug-likeness (QED) is 0.224. The molecule has 0 aliphatic rings. The van der Waals surface area contributed by atoms with E-state index in [-0.39, 0.29) is 21.7 Å². The van der Waals surface area contributed by atoms with Crippen molar-refractivity contribution in [1.29, 1.82) is 0 Å².